The standard InChI is InChI=1S/C14H9ClF16O3/c15-4-5(32-1-9(22,23)6(16)17)12(28,29)14(30,31)13(4,33-2-10(24,25)7(18)19)34-3-11(26,27)8(20)21/h6-8H,1-3H2. The van der Waals surface area contributed by atoms with Crippen molar-refractivity contribution >= 4 is 11.6 Å². The molecule has 34 heavy (non-hydrogen) atoms. The SMILES string of the molecule is FC(F)C(F)(F)COC1=C(Cl)C(OCC(F)(F)C(F)F)(OCC(F)(F)C(F)F)C(F)(F)C1(F)F. The van der Waals surface area contributed by atoms with Crippen molar-refractivity contribution in [3.63, 3.8) is 0 Å². The molecule has 0 saturated carbocycles. The summed E-state index contributed by atoms with van der Waals surface area (Å²) in [6.07, 6.45) is -14.2. The Kier molecular flexibility index (Phi) is 8.65. The van der Waals surface area contributed by atoms with Gasteiger partial charge in [-0.1, -0.05) is 11.6 Å². The van der Waals surface area contributed by atoms with Gasteiger partial charge in [-0.05, 0) is 0 Å². The van der Waals surface area contributed by atoms with Gasteiger partial charge in [0.25, 0.3) is 5.79 Å². The van der Waals surface area contributed by atoms with Crippen LogP contribution in [0.1, 0.15) is 0 Å². The van der Waals surface area contributed by atoms with Crippen LogP contribution < -0.4 is 0 Å². The minimum absolute atomic E-state index is 2.66. The normalized spacial score (nSPS) is 20.7. The lowest BCUT2D eigenvalue weighted by Gasteiger charge is -2.37. The third-order valence-electron chi connectivity index (χ3n) is 3.88. The highest BCUT2D eigenvalue weighted by molar-refractivity contribution is 6.31. The van der Waals surface area contributed by atoms with Crippen LogP contribution in [-0.2, 0) is 14.2 Å². The van der Waals surface area contributed by atoms with E-state index in [0.717, 1.165) is 0 Å². The molecule has 1 aliphatic carbocycles. The highest BCUT2D eigenvalue weighted by atomic mass is 35.5. The Morgan fingerprint density at radius 3 is 1.29 bits per heavy atom. The van der Waals surface area contributed by atoms with Crippen LogP contribution in [-0.4, -0.2) is 74.5 Å². The maximum absolute atomic E-state index is 14.5. The first-order valence-electron chi connectivity index (χ1n) is 8.04. The van der Waals surface area contributed by atoms with Gasteiger partial charge in [-0.3, -0.25) is 0 Å². The number of hydrogen-bond acceptors (Lipinski definition) is 3. The molecule has 0 saturated heterocycles. The minimum Gasteiger partial charge on any atom is -0.483 e. The molecule has 0 aromatic heterocycles. The third-order valence-corrected chi connectivity index (χ3v) is 4.30. The largest absolute Gasteiger partial charge is 0.483 e. The summed E-state index contributed by atoms with van der Waals surface area (Å²) in [6.45, 7) is -8.93. The average Bonchev–Trinajstić information content (AvgIpc) is 2.77. The summed E-state index contributed by atoms with van der Waals surface area (Å²) >= 11 is 5.04. The van der Waals surface area contributed by atoms with Crippen molar-refractivity contribution in [1.29, 1.82) is 0 Å². The summed E-state index contributed by atoms with van der Waals surface area (Å²) < 4.78 is 220. The van der Waals surface area contributed by atoms with Gasteiger partial charge in [0, 0.05) is 0 Å². The summed E-state index contributed by atoms with van der Waals surface area (Å²) in [5, 5.41) is -2.66. The van der Waals surface area contributed by atoms with Crippen LogP contribution in [0.15, 0.2) is 10.8 Å². The van der Waals surface area contributed by atoms with E-state index in [-0.39, 0.29) is 0 Å². The average molecular weight is 565 g/mol. The predicted octanol–water partition coefficient (Wildman–Crippen LogP) is 6.17. The van der Waals surface area contributed by atoms with Crippen molar-refractivity contribution in [2.75, 3.05) is 19.8 Å². The lowest BCUT2D eigenvalue weighted by molar-refractivity contribution is -0.374. The fourth-order valence-corrected chi connectivity index (χ4v) is 2.43. The maximum atomic E-state index is 14.5. The Morgan fingerprint density at radius 2 is 0.971 bits per heavy atom. The molecule has 20 heteroatoms. The Bertz CT molecular complexity index is 729. The van der Waals surface area contributed by atoms with E-state index in [1.54, 1.807) is 0 Å². The molecule has 0 amide bonds. The summed E-state index contributed by atoms with van der Waals surface area (Å²) in [5.41, 5.74) is 0. The summed E-state index contributed by atoms with van der Waals surface area (Å²) in [5.74, 6) is -37.0. The quantitative estimate of drug-likeness (QED) is 0.210. The fourth-order valence-electron chi connectivity index (χ4n) is 2.03. The van der Waals surface area contributed by atoms with Crippen molar-refractivity contribution in [3.8, 4) is 0 Å². The second kappa shape index (κ2) is 9.59. The molecule has 0 aromatic carbocycles. The topological polar surface area (TPSA) is 27.7 Å². The molecule has 202 valence electrons. The van der Waals surface area contributed by atoms with Crippen LogP contribution in [0.4, 0.5) is 70.2 Å². The van der Waals surface area contributed by atoms with Gasteiger partial charge in [-0.2, -0.15) is 43.9 Å². The van der Waals surface area contributed by atoms with Gasteiger partial charge in [-0.25, -0.2) is 26.3 Å². The minimum atomic E-state index is -6.37. The van der Waals surface area contributed by atoms with Crippen molar-refractivity contribution < 1.29 is 84.5 Å². The van der Waals surface area contributed by atoms with Gasteiger partial charge >= 0.3 is 48.9 Å². The Hall–Kier alpha value is -1.37. The van der Waals surface area contributed by atoms with Crippen molar-refractivity contribution in [3.05, 3.63) is 10.8 Å². The smallest absolute Gasteiger partial charge is 0.375 e. The van der Waals surface area contributed by atoms with Crippen LogP contribution in [0.2, 0.25) is 0 Å². The molecule has 0 aliphatic heterocycles. The highest BCUT2D eigenvalue weighted by Gasteiger charge is 2.82. The maximum Gasteiger partial charge on any atom is 0.375 e. The van der Waals surface area contributed by atoms with Gasteiger partial charge in [0.2, 0.25) is 0 Å². The zero-order valence-electron chi connectivity index (χ0n) is 15.5. The van der Waals surface area contributed by atoms with Crippen molar-refractivity contribution in [2.45, 2.75) is 54.7 Å². The Labute approximate surface area is 182 Å². The molecule has 3 nitrogen and oxygen atoms in total. The molecule has 0 radical (unpaired) electrons. The Balaban J connectivity index is 3.59. The summed E-state index contributed by atoms with van der Waals surface area (Å²) in [6, 6.07) is 0. The van der Waals surface area contributed by atoms with Crippen LogP contribution in [0, 0.1) is 0 Å². The molecule has 0 atom stereocenters. The number of alkyl halides is 16. The third kappa shape index (κ3) is 5.39. The number of ether oxygens (including phenoxy) is 3. The summed E-state index contributed by atoms with van der Waals surface area (Å²) in [4.78, 5) is 0. The molecule has 1 rings (SSSR count). The molecule has 0 N–H and O–H groups in total. The van der Waals surface area contributed by atoms with E-state index in [0.29, 0.717) is 0 Å². The highest BCUT2D eigenvalue weighted by Crippen LogP contribution is 2.61. The molecule has 1 aliphatic rings. The zero-order valence-corrected chi connectivity index (χ0v) is 16.3. The van der Waals surface area contributed by atoms with Gasteiger partial charge in [0.15, 0.2) is 12.4 Å². The molecule has 0 bridgehead atoms. The number of hydrogen-bond donors (Lipinski definition) is 0. The molecule has 0 heterocycles. The molecule has 0 spiro atoms. The fraction of sp³-hybridized carbons (Fsp3) is 0.857. The molecule has 0 aromatic rings. The molecular weight excluding hydrogens is 556 g/mol. The van der Waals surface area contributed by atoms with E-state index in [9.17, 15) is 70.2 Å². The van der Waals surface area contributed by atoms with E-state index < -0.39 is 85.3 Å². The van der Waals surface area contributed by atoms with Gasteiger partial charge in [0.05, 0.1) is 0 Å². The number of allylic oxidation sites excluding steroid dienone is 1. The monoisotopic (exact) mass is 564 g/mol. The summed E-state index contributed by atoms with van der Waals surface area (Å²) in [7, 11) is 0. The lowest BCUT2D eigenvalue weighted by atomic mass is 10.1. The van der Waals surface area contributed by atoms with Gasteiger partial charge in [-0.15, -0.1) is 0 Å². The molecular formula is C14H9ClF16O3. The second-order valence-corrected chi connectivity index (χ2v) is 6.84. The van der Waals surface area contributed by atoms with Crippen molar-refractivity contribution in [2.24, 2.45) is 0 Å². The lowest BCUT2D eigenvalue weighted by Crippen LogP contribution is -2.59. The Morgan fingerprint density at radius 1 is 0.647 bits per heavy atom. The van der Waals surface area contributed by atoms with E-state index >= 15 is 0 Å². The van der Waals surface area contributed by atoms with Gasteiger partial charge in [0.1, 0.15) is 18.2 Å². The number of halogens is 17. The van der Waals surface area contributed by atoms with Crippen LogP contribution in [0.5, 0.6) is 0 Å². The first-order valence-corrected chi connectivity index (χ1v) is 8.42. The number of rotatable bonds is 12. The van der Waals surface area contributed by atoms with Crippen LogP contribution >= 0.6 is 11.6 Å². The van der Waals surface area contributed by atoms with Crippen molar-refractivity contribution in [1.82, 2.24) is 0 Å². The van der Waals surface area contributed by atoms with Crippen LogP contribution in [0.3, 0.4) is 0 Å². The second-order valence-electron chi connectivity index (χ2n) is 6.46. The molecule has 0 unspecified atom stereocenters. The molecule has 0 fully saturated rings. The first-order chi connectivity index (χ1) is 15.0. The van der Waals surface area contributed by atoms with Crippen LogP contribution in [0.25, 0.3) is 0 Å². The van der Waals surface area contributed by atoms with E-state index in [2.05, 4.69) is 14.2 Å². The zero-order chi connectivity index (χ0) is 27.1. The van der Waals surface area contributed by atoms with E-state index in [1.165, 1.54) is 0 Å². The van der Waals surface area contributed by atoms with E-state index in [1.807, 2.05) is 0 Å². The van der Waals surface area contributed by atoms with Gasteiger partial charge < -0.3 is 14.2 Å². The first kappa shape index (κ1) is 30.7. The van der Waals surface area contributed by atoms with E-state index in [4.69, 9.17) is 11.6 Å². The predicted molar refractivity (Wildman–Crippen MR) is 76.2 cm³/mol.